The summed E-state index contributed by atoms with van der Waals surface area (Å²) in [6.45, 7) is 7.64. The molecule has 0 aromatic heterocycles. The van der Waals surface area contributed by atoms with Crippen LogP contribution in [0.3, 0.4) is 0 Å². The fourth-order valence-corrected chi connectivity index (χ4v) is 9.61. The molecule has 8 heteroatoms. The van der Waals surface area contributed by atoms with Gasteiger partial charge in [0, 0.05) is 17.3 Å². The van der Waals surface area contributed by atoms with E-state index in [1.807, 2.05) is 13.8 Å². The molecule has 0 saturated heterocycles. The van der Waals surface area contributed by atoms with Crippen molar-refractivity contribution in [3.8, 4) is 0 Å². The van der Waals surface area contributed by atoms with Crippen LogP contribution < -0.4 is 0 Å². The minimum atomic E-state index is -3.00. The summed E-state index contributed by atoms with van der Waals surface area (Å²) < 4.78 is 41.1. The molecular formula is C11H25O4PS3. The van der Waals surface area contributed by atoms with Gasteiger partial charge < -0.3 is 4.52 Å². The summed E-state index contributed by atoms with van der Waals surface area (Å²) >= 11 is 2.64. The average molecular weight is 348 g/mol. The Kier molecular flexibility index (Phi) is 10.1. The van der Waals surface area contributed by atoms with Crippen LogP contribution in [0.15, 0.2) is 0 Å². The topological polar surface area (TPSA) is 60.4 Å². The van der Waals surface area contributed by atoms with Gasteiger partial charge in [-0.05, 0) is 26.7 Å². The van der Waals surface area contributed by atoms with Crippen molar-refractivity contribution in [3.05, 3.63) is 0 Å². The lowest BCUT2D eigenvalue weighted by molar-refractivity contribution is 0.357. The zero-order valence-electron chi connectivity index (χ0n) is 12.1. The Hall–Kier alpha value is 0.840. The quantitative estimate of drug-likeness (QED) is 0.521. The number of hydrogen-bond acceptors (Lipinski definition) is 6. The first-order chi connectivity index (χ1) is 8.81. The van der Waals surface area contributed by atoms with E-state index >= 15 is 0 Å². The lowest BCUT2D eigenvalue weighted by Gasteiger charge is -2.17. The number of rotatable bonds is 11. The van der Waals surface area contributed by atoms with Crippen molar-refractivity contribution < 1.29 is 17.5 Å². The van der Waals surface area contributed by atoms with Gasteiger partial charge in [0.25, 0.3) is 0 Å². The van der Waals surface area contributed by atoms with E-state index in [0.29, 0.717) is 18.8 Å². The van der Waals surface area contributed by atoms with E-state index in [2.05, 4.69) is 0 Å². The third kappa shape index (κ3) is 8.00. The molecule has 0 aliphatic carbocycles. The van der Waals surface area contributed by atoms with Gasteiger partial charge in [0.2, 0.25) is 0 Å². The fourth-order valence-electron chi connectivity index (χ4n) is 1.27. The minimum Gasteiger partial charge on any atom is -0.314 e. The molecule has 116 valence electrons. The molecule has 0 aliphatic heterocycles. The van der Waals surface area contributed by atoms with Crippen LogP contribution in [-0.2, 0) is 18.9 Å². The largest absolute Gasteiger partial charge is 0.314 e. The monoisotopic (exact) mass is 348 g/mol. The zero-order valence-corrected chi connectivity index (χ0v) is 15.5. The molecule has 0 N–H and O–H groups in total. The van der Waals surface area contributed by atoms with Crippen molar-refractivity contribution in [2.75, 3.05) is 23.9 Å². The lowest BCUT2D eigenvalue weighted by atomic mass is 10.4. The molecule has 0 aromatic rings. The van der Waals surface area contributed by atoms with Gasteiger partial charge in [-0.25, -0.2) is 8.42 Å². The standard InChI is InChI=1S/C11H25O4PS3/c1-5-9-17-16(12,15-6-2)18-10-8-11(4)19(13,14)7-3/h11H,5-10H2,1-4H3/t11-,16?/m0/s1. The van der Waals surface area contributed by atoms with Crippen LogP contribution >= 0.6 is 28.5 Å². The molecule has 19 heavy (non-hydrogen) atoms. The van der Waals surface area contributed by atoms with Crippen LogP contribution in [-0.4, -0.2) is 37.5 Å². The molecule has 0 radical (unpaired) electrons. The van der Waals surface area contributed by atoms with E-state index < -0.39 is 15.6 Å². The zero-order chi connectivity index (χ0) is 14.9. The van der Waals surface area contributed by atoms with Gasteiger partial charge in [0.15, 0.2) is 9.84 Å². The van der Waals surface area contributed by atoms with E-state index in [1.165, 1.54) is 22.8 Å². The lowest BCUT2D eigenvalue weighted by Crippen LogP contribution is -2.20. The molecule has 0 fully saturated rings. The summed E-state index contributed by atoms with van der Waals surface area (Å²) in [5.41, 5.74) is 0. The van der Waals surface area contributed by atoms with Gasteiger partial charge in [-0.15, -0.1) is 0 Å². The molecule has 0 amide bonds. The van der Waals surface area contributed by atoms with Crippen molar-refractivity contribution in [3.63, 3.8) is 0 Å². The molecule has 0 saturated carbocycles. The Morgan fingerprint density at radius 2 is 1.74 bits per heavy atom. The SMILES string of the molecule is CCCSP(=O)(OCC)SCC[C@H](C)S(=O)(=O)CC. The van der Waals surface area contributed by atoms with Gasteiger partial charge in [0.05, 0.1) is 11.9 Å². The van der Waals surface area contributed by atoms with E-state index in [4.69, 9.17) is 4.52 Å². The highest BCUT2D eigenvalue weighted by molar-refractivity contribution is 8.89. The van der Waals surface area contributed by atoms with E-state index in [1.54, 1.807) is 13.8 Å². The highest BCUT2D eigenvalue weighted by atomic mass is 33.1. The molecule has 0 bridgehead atoms. The van der Waals surface area contributed by atoms with Gasteiger partial charge in [-0.2, -0.15) is 0 Å². The molecular weight excluding hydrogens is 323 g/mol. The van der Waals surface area contributed by atoms with Crippen LogP contribution in [0, 0.1) is 0 Å². The number of sulfone groups is 1. The number of hydrogen-bond donors (Lipinski definition) is 0. The van der Waals surface area contributed by atoms with Gasteiger partial charge in [0.1, 0.15) is 0 Å². The van der Waals surface area contributed by atoms with Crippen molar-refractivity contribution in [2.45, 2.75) is 45.8 Å². The normalized spacial score (nSPS) is 17.1. The first-order valence-electron chi connectivity index (χ1n) is 6.56. The third-order valence-electron chi connectivity index (χ3n) is 2.53. The van der Waals surface area contributed by atoms with Crippen molar-refractivity contribution in [1.29, 1.82) is 0 Å². The van der Waals surface area contributed by atoms with Crippen LogP contribution in [0.1, 0.15) is 40.5 Å². The van der Waals surface area contributed by atoms with Gasteiger partial charge in [-0.1, -0.05) is 36.6 Å². The van der Waals surface area contributed by atoms with Crippen LogP contribution in [0.2, 0.25) is 0 Å². The Bertz CT molecular complexity index is 383. The maximum Gasteiger partial charge on any atom is 0.313 e. The molecule has 0 heterocycles. The Labute approximate surface area is 125 Å². The highest BCUT2D eigenvalue weighted by Crippen LogP contribution is 2.70. The van der Waals surface area contributed by atoms with E-state index in [0.717, 1.165) is 12.2 Å². The smallest absolute Gasteiger partial charge is 0.313 e. The predicted molar refractivity (Wildman–Crippen MR) is 88.0 cm³/mol. The Balaban J connectivity index is 4.30. The maximum absolute atomic E-state index is 12.4. The molecule has 0 aliphatic rings. The highest BCUT2D eigenvalue weighted by Gasteiger charge is 2.25. The summed E-state index contributed by atoms with van der Waals surface area (Å²) in [7, 11) is -3.00. The molecule has 0 rings (SSSR count). The second-order valence-corrected chi connectivity index (χ2v) is 14.4. The van der Waals surface area contributed by atoms with E-state index in [9.17, 15) is 13.0 Å². The second-order valence-electron chi connectivity index (χ2n) is 4.08. The predicted octanol–water partition coefficient (Wildman–Crippen LogP) is 4.22. The second kappa shape index (κ2) is 9.72. The summed E-state index contributed by atoms with van der Waals surface area (Å²) in [6.07, 6.45) is 1.47. The summed E-state index contributed by atoms with van der Waals surface area (Å²) in [6, 6.07) is 0. The minimum absolute atomic E-state index is 0.159. The van der Waals surface area contributed by atoms with Crippen LogP contribution in [0.4, 0.5) is 0 Å². The van der Waals surface area contributed by atoms with Crippen LogP contribution in [0.25, 0.3) is 0 Å². The van der Waals surface area contributed by atoms with Crippen molar-refractivity contribution in [2.24, 2.45) is 0 Å². The fraction of sp³-hybridized carbons (Fsp3) is 1.00. The third-order valence-corrected chi connectivity index (χ3v) is 12.5. The molecule has 0 aromatic carbocycles. The Morgan fingerprint density at radius 1 is 1.16 bits per heavy atom. The first kappa shape index (κ1) is 19.8. The molecule has 0 spiro atoms. The van der Waals surface area contributed by atoms with Gasteiger partial charge in [-0.3, -0.25) is 4.57 Å². The van der Waals surface area contributed by atoms with Gasteiger partial charge >= 0.3 is 5.77 Å². The van der Waals surface area contributed by atoms with Crippen molar-refractivity contribution >= 4 is 38.4 Å². The Morgan fingerprint density at radius 3 is 2.21 bits per heavy atom. The molecule has 1 unspecified atom stereocenters. The van der Waals surface area contributed by atoms with E-state index in [-0.39, 0.29) is 11.0 Å². The molecule has 2 atom stereocenters. The summed E-state index contributed by atoms with van der Waals surface area (Å²) in [5, 5.41) is -0.378. The maximum atomic E-state index is 12.4. The summed E-state index contributed by atoms with van der Waals surface area (Å²) in [5.74, 6) is -1.21. The van der Waals surface area contributed by atoms with Crippen molar-refractivity contribution in [1.82, 2.24) is 0 Å². The van der Waals surface area contributed by atoms with Crippen LogP contribution in [0.5, 0.6) is 0 Å². The summed E-state index contributed by atoms with van der Waals surface area (Å²) in [4.78, 5) is 0. The molecule has 4 nitrogen and oxygen atoms in total. The average Bonchev–Trinajstić information content (AvgIpc) is 2.36. The first-order valence-corrected chi connectivity index (χ1v) is 13.1.